The van der Waals surface area contributed by atoms with Gasteiger partial charge in [-0.05, 0) is 54.1 Å². The number of benzene rings is 2. The van der Waals surface area contributed by atoms with E-state index in [1.807, 2.05) is 24.3 Å². The third-order valence-electron chi connectivity index (χ3n) is 4.71. The Balaban J connectivity index is 1.54. The molecule has 0 radical (unpaired) electrons. The van der Waals surface area contributed by atoms with E-state index < -0.39 is 23.6 Å². The minimum Gasteiger partial charge on any atom is -0.497 e. The number of nitrogens with zero attached hydrogens (tertiary/aromatic N) is 2. The molecule has 1 aliphatic rings. The van der Waals surface area contributed by atoms with Gasteiger partial charge in [-0.15, -0.1) is 0 Å². The SMILES string of the molecule is COc1ccc(C2=NN(C(=O)COc3ccc(F)c(F)c3)[C@H](c3ccco3)C2)cc1. The van der Waals surface area contributed by atoms with Crippen LogP contribution >= 0.6 is 0 Å². The fraction of sp³-hybridized carbons (Fsp3) is 0.182. The number of methoxy groups -OCH3 is 1. The fourth-order valence-corrected chi connectivity index (χ4v) is 3.18. The highest BCUT2D eigenvalue weighted by Gasteiger charge is 2.35. The molecule has 1 atom stereocenters. The van der Waals surface area contributed by atoms with Gasteiger partial charge in [0.2, 0.25) is 0 Å². The molecule has 8 heteroatoms. The van der Waals surface area contributed by atoms with E-state index >= 15 is 0 Å². The lowest BCUT2D eigenvalue weighted by atomic mass is 10.0. The zero-order chi connectivity index (χ0) is 21.1. The molecule has 1 aliphatic heterocycles. The second-order valence-electron chi connectivity index (χ2n) is 6.61. The minimum atomic E-state index is -1.05. The highest BCUT2D eigenvalue weighted by Crippen LogP contribution is 2.33. The molecule has 6 nitrogen and oxygen atoms in total. The summed E-state index contributed by atoms with van der Waals surface area (Å²) in [5, 5.41) is 5.78. The molecule has 0 saturated heterocycles. The van der Waals surface area contributed by atoms with E-state index in [9.17, 15) is 13.6 Å². The number of hydrogen-bond acceptors (Lipinski definition) is 5. The van der Waals surface area contributed by atoms with E-state index in [1.165, 1.54) is 17.3 Å². The van der Waals surface area contributed by atoms with Crippen LogP contribution in [0.5, 0.6) is 11.5 Å². The van der Waals surface area contributed by atoms with Gasteiger partial charge in [-0.2, -0.15) is 5.10 Å². The highest BCUT2D eigenvalue weighted by atomic mass is 19.2. The van der Waals surface area contributed by atoms with Crippen molar-refractivity contribution in [3.63, 3.8) is 0 Å². The molecule has 2 aromatic carbocycles. The molecular weight excluding hydrogens is 394 g/mol. The van der Waals surface area contributed by atoms with Gasteiger partial charge in [-0.25, -0.2) is 13.8 Å². The normalized spacial score (nSPS) is 15.8. The first-order chi connectivity index (χ1) is 14.5. The Morgan fingerprint density at radius 3 is 2.57 bits per heavy atom. The molecule has 1 aromatic heterocycles. The first kappa shape index (κ1) is 19.6. The van der Waals surface area contributed by atoms with Gasteiger partial charge in [-0.1, -0.05) is 0 Å². The first-order valence-corrected chi connectivity index (χ1v) is 9.20. The van der Waals surface area contributed by atoms with Crippen LogP contribution in [-0.2, 0) is 4.79 Å². The van der Waals surface area contributed by atoms with Crippen LogP contribution in [0.2, 0.25) is 0 Å². The maximum absolute atomic E-state index is 13.4. The molecule has 0 aliphatic carbocycles. The van der Waals surface area contributed by atoms with Crippen molar-refractivity contribution in [2.24, 2.45) is 5.10 Å². The Labute approximate surface area is 171 Å². The van der Waals surface area contributed by atoms with Crippen LogP contribution in [0.15, 0.2) is 70.4 Å². The molecule has 2 heterocycles. The number of hydrogen-bond donors (Lipinski definition) is 0. The number of furan rings is 1. The molecule has 1 amide bonds. The highest BCUT2D eigenvalue weighted by molar-refractivity contribution is 6.03. The van der Waals surface area contributed by atoms with Gasteiger partial charge in [0.15, 0.2) is 18.2 Å². The number of hydrazone groups is 1. The summed E-state index contributed by atoms with van der Waals surface area (Å²) in [4.78, 5) is 12.8. The molecule has 0 saturated carbocycles. The van der Waals surface area contributed by atoms with Crippen LogP contribution in [-0.4, -0.2) is 30.3 Å². The quantitative estimate of drug-likeness (QED) is 0.605. The van der Waals surface area contributed by atoms with Crippen LogP contribution in [0.25, 0.3) is 0 Å². The summed E-state index contributed by atoms with van der Waals surface area (Å²) in [6, 6.07) is 13.5. The van der Waals surface area contributed by atoms with Crippen LogP contribution < -0.4 is 9.47 Å². The van der Waals surface area contributed by atoms with Crippen LogP contribution in [0.4, 0.5) is 8.78 Å². The number of carbonyl (C=O) groups excluding carboxylic acids is 1. The second kappa shape index (κ2) is 8.36. The third kappa shape index (κ3) is 4.03. The van der Waals surface area contributed by atoms with Crippen molar-refractivity contribution in [2.75, 3.05) is 13.7 Å². The minimum absolute atomic E-state index is 0.0513. The fourth-order valence-electron chi connectivity index (χ4n) is 3.18. The predicted molar refractivity (Wildman–Crippen MR) is 104 cm³/mol. The van der Waals surface area contributed by atoms with Crippen LogP contribution in [0.3, 0.4) is 0 Å². The lowest BCUT2D eigenvalue weighted by Crippen LogP contribution is -2.31. The Kier molecular flexibility index (Phi) is 5.47. The van der Waals surface area contributed by atoms with Gasteiger partial charge in [0.25, 0.3) is 5.91 Å². The largest absolute Gasteiger partial charge is 0.497 e. The van der Waals surface area contributed by atoms with Crippen molar-refractivity contribution in [1.29, 1.82) is 0 Å². The van der Waals surface area contributed by atoms with E-state index in [0.717, 1.165) is 17.7 Å². The maximum Gasteiger partial charge on any atom is 0.281 e. The predicted octanol–water partition coefficient (Wildman–Crippen LogP) is 4.32. The summed E-state index contributed by atoms with van der Waals surface area (Å²) < 4.78 is 42.4. The zero-order valence-corrected chi connectivity index (χ0v) is 16.0. The van der Waals surface area contributed by atoms with Gasteiger partial charge >= 0.3 is 0 Å². The lowest BCUT2D eigenvalue weighted by Gasteiger charge is -2.20. The van der Waals surface area contributed by atoms with Gasteiger partial charge in [-0.3, -0.25) is 4.79 Å². The lowest BCUT2D eigenvalue weighted by molar-refractivity contribution is -0.135. The second-order valence-corrected chi connectivity index (χ2v) is 6.61. The molecule has 30 heavy (non-hydrogen) atoms. The first-order valence-electron chi connectivity index (χ1n) is 9.20. The summed E-state index contributed by atoms with van der Waals surface area (Å²) in [6.07, 6.45) is 1.98. The van der Waals surface area contributed by atoms with E-state index in [2.05, 4.69) is 5.10 Å². The van der Waals surface area contributed by atoms with Gasteiger partial charge in [0.1, 0.15) is 23.3 Å². The number of amides is 1. The Hall–Kier alpha value is -3.68. The number of halogens is 2. The van der Waals surface area contributed by atoms with Crippen molar-refractivity contribution in [2.45, 2.75) is 12.5 Å². The van der Waals surface area contributed by atoms with Crippen molar-refractivity contribution in [3.05, 3.63) is 83.8 Å². The van der Waals surface area contributed by atoms with Gasteiger partial charge in [0, 0.05) is 12.5 Å². The van der Waals surface area contributed by atoms with E-state index in [1.54, 1.807) is 19.2 Å². The molecular formula is C22H18F2N2O4. The molecule has 0 spiro atoms. The zero-order valence-electron chi connectivity index (χ0n) is 16.0. The molecule has 0 bridgehead atoms. The Morgan fingerprint density at radius 2 is 1.90 bits per heavy atom. The van der Waals surface area contributed by atoms with E-state index in [-0.39, 0.29) is 12.4 Å². The topological polar surface area (TPSA) is 64.3 Å². The Bertz CT molecular complexity index is 1070. The molecule has 3 aromatic rings. The average Bonchev–Trinajstić information content (AvgIpc) is 3.44. The maximum atomic E-state index is 13.4. The Morgan fingerprint density at radius 1 is 1.13 bits per heavy atom. The number of carbonyl (C=O) groups is 1. The summed E-state index contributed by atoms with van der Waals surface area (Å²) >= 11 is 0. The third-order valence-corrected chi connectivity index (χ3v) is 4.71. The molecule has 4 rings (SSSR count). The summed E-state index contributed by atoms with van der Waals surface area (Å²) in [7, 11) is 1.59. The van der Waals surface area contributed by atoms with Gasteiger partial charge in [0.05, 0.1) is 19.1 Å². The summed E-state index contributed by atoms with van der Waals surface area (Å²) in [6.45, 7) is -0.387. The van der Waals surface area contributed by atoms with Crippen molar-refractivity contribution >= 4 is 11.6 Å². The van der Waals surface area contributed by atoms with Crippen molar-refractivity contribution in [3.8, 4) is 11.5 Å². The van der Waals surface area contributed by atoms with E-state index in [4.69, 9.17) is 13.9 Å². The molecule has 0 N–H and O–H groups in total. The summed E-state index contributed by atoms with van der Waals surface area (Å²) in [5.41, 5.74) is 1.56. The average molecular weight is 412 g/mol. The van der Waals surface area contributed by atoms with E-state index in [0.29, 0.717) is 23.6 Å². The smallest absolute Gasteiger partial charge is 0.281 e. The standard InChI is InChI=1S/C22H18F2N2O4/c1-28-15-6-4-14(5-7-15)19-12-20(21-3-2-10-29-21)26(25-19)22(27)13-30-16-8-9-17(23)18(24)11-16/h2-11,20H,12-13H2,1H3/t20-/m0/s1. The van der Waals surface area contributed by atoms with Crippen LogP contribution in [0.1, 0.15) is 23.8 Å². The number of rotatable bonds is 6. The molecule has 154 valence electrons. The molecule has 0 fully saturated rings. The summed E-state index contributed by atoms with van der Waals surface area (Å²) in [5.74, 6) is -1.12. The van der Waals surface area contributed by atoms with Crippen LogP contribution in [0, 0.1) is 11.6 Å². The number of ether oxygens (including phenoxy) is 2. The monoisotopic (exact) mass is 412 g/mol. The molecule has 0 unspecified atom stereocenters. The van der Waals surface area contributed by atoms with Crippen molar-refractivity contribution in [1.82, 2.24) is 5.01 Å². The van der Waals surface area contributed by atoms with Gasteiger partial charge < -0.3 is 13.9 Å². The van der Waals surface area contributed by atoms with Crippen molar-refractivity contribution < 1.29 is 27.5 Å².